The Labute approximate surface area is 144 Å². The second-order valence-corrected chi connectivity index (χ2v) is 6.34. The molecule has 2 N–H and O–H groups in total. The summed E-state index contributed by atoms with van der Waals surface area (Å²) in [6.45, 7) is 4.21. The second kappa shape index (κ2) is 8.14. The van der Waals surface area contributed by atoms with E-state index in [0.29, 0.717) is 5.41 Å². The summed E-state index contributed by atoms with van der Waals surface area (Å²) in [5.74, 6) is 0.512. The van der Waals surface area contributed by atoms with Crippen molar-refractivity contribution in [3.63, 3.8) is 0 Å². The van der Waals surface area contributed by atoms with Crippen molar-refractivity contribution in [2.45, 2.75) is 38.6 Å². The van der Waals surface area contributed by atoms with E-state index in [2.05, 4.69) is 22.5 Å². The van der Waals surface area contributed by atoms with Crippen LogP contribution in [0.25, 0.3) is 0 Å². The van der Waals surface area contributed by atoms with E-state index < -0.39 is 0 Å². The van der Waals surface area contributed by atoms with E-state index in [0.717, 1.165) is 38.8 Å². The molecule has 1 saturated heterocycles. The van der Waals surface area contributed by atoms with Gasteiger partial charge in [0.1, 0.15) is 0 Å². The lowest BCUT2D eigenvalue weighted by molar-refractivity contribution is -0.123. The number of rotatable bonds is 4. The Morgan fingerprint density at radius 3 is 2.64 bits per heavy atom. The highest BCUT2D eigenvalue weighted by molar-refractivity contribution is 5.85. The molecule has 2 atom stereocenters. The molecule has 3 rings (SSSR count). The average molecular weight is 346 g/mol. The highest BCUT2D eigenvalue weighted by Gasteiger charge is 2.57. The smallest absolute Gasteiger partial charge is 0.223 e. The molecule has 1 aromatic rings. The zero-order chi connectivity index (χ0) is 14.0. The van der Waals surface area contributed by atoms with Crippen molar-refractivity contribution in [3.05, 3.63) is 30.1 Å². The Morgan fingerprint density at radius 2 is 2.00 bits per heavy atom. The van der Waals surface area contributed by atoms with Crippen LogP contribution in [0.3, 0.4) is 0 Å². The fourth-order valence-electron chi connectivity index (χ4n) is 3.46. The van der Waals surface area contributed by atoms with Crippen LogP contribution >= 0.6 is 24.8 Å². The van der Waals surface area contributed by atoms with Gasteiger partial charge < -0.3 is 10.6 Å². The Bertz CT molecular complexity index is 478. The number of nitrogens with zero attached hydrogens (tertiary/aromatic N) is 1. The molecule has 22 heavy (non-hydrogen) atoms. The Balaban J connectivity index is 0.00000121. The number of aromatic nitrogens is 1. The summed E-state index contributed by atoms with van der Waals surface area (Å²) in [5.41, 5.74) is 1.55. The first-order chi connectivity index (χ1) is 9.70. The number of halogens is 2. The van der Waals surface area contributed by atoms with E-state index in [9.17, 15) is 4.79 Å². The molecule has 124 valence electrons. The first kappa shape index (κ1) is 19.2. The van der Waals surface area contributed by atoms with Crippen LogP contribution in [0.2, 0.25) is 0 Å². The van der Waals surface area contributed by atoms with E-state index >= 15 is 0 Å². The zero-order valence-electron chi connectivity index (χ0n) is 12.9. The molecule has 1 aliphatic carbocycles. The molecule has 0 bridgehead atoms. The van der Waals surface area contributed by atoms with E-state index in [4.69, 9.17) is 0 Å². The van der Waals surface area contributed by atoms with Gasteiger partial charge in [0, 0.05) is 24.4 Å². The molecular formula is C16H25Cl2N3O. The number of piperidine rings is 1. The maximum Gasteiger partial charge on any atom is 0.223 e. The second-order valence-electron chi connectivity index (χ2n) is 6.34. The molecule has 1 aliphatic heterocycles. The molecule has 1 amide bonds. The molecule has 1 saturated carbocycles. The normalized spacial score (nSPS) is 22.9. The van der Waals surface area contributed by atoms with E-state index in [-0.39, 0.29) is 42.7 Å². The van der Waals surface area contributed by atoms with Crippen LogP contribution in [0.4, 0.5) is 0 Å². The quantitative estimate of drug-likeness (QED) is 0.880. The number of nitrogens with one attached hydrogen (secondary N) is 2. The molecule has 0 radical (unpaired) electrons. The minimum atomic E-state index is 0. The minimum Gasteiger partial charge on any atom is -0.353 e. The van der Waals surface area contributed by atoms with Crippen LogP contribution in [0, 0.1) is 11.3 Å². The lowest BCUT2D eigenvalue weighted by atomic mass is 9.91. The summed E-state index contributed by atoms with van der Waals surface area (Å²) in [6, 6.07) is 4.20. The number of amides is 1. The molecule has 4 nitrogen and oxygen atoms in total. The maximum atomic E-state index is 12.3. The summed E-state index contributed by atoms with van der Waals surface area (Å²) >= 11 is 0. The largest absolute Gasteiger partial charge is 0.353 e. The van der Waals surface area contributed by atoms with Crippen LogP contribution in [-0.2, 0) is 11.2 Å². The van der Waals surface area contributed by atoms with Gasteiger partial charge in [0.25, 0.3) is 0 Å². The van der Waals surface area contributed by atoms with E-state index in [1.54, 1.807) is 12.4 Å². The van der Waals surface area contributed by atoms with Crippen molar-refractivity contribution in [3.8, 4) is 0 Å². The number of carbonyl (C=O) groups excluding carboxylic acids is 1. The van der Waals surface area contributed by atoms with Crippen LogP contribution < -0.4 is 10.6 Å². The van der Waals surface area contributed by atoms with Crippen molar-refractivity contribution < 1.29 is 4.79 Å². The Kier molecular flexibility index (Phi) is 7.10. The van der Waals surface area contributed by atoms with Crippen molar-refractivity contribution in [2.24, 2.45) is 11.3 Å². The third kappa shape index (κ3) is 4.34. The molecule has 2 fully saturated rings. The summed E-state index contributed by atoms with van der Waals surface area (Å²) in [7, 11) is 0. The highest BCUT2D eigenvalue weighted by atomic mass is 35.5. The van der Waals surface area contributed by atoms with Gasteiger partial charge in [-0.2, -0.15) is 0 Å². The molecule has 0 aromatic carbocycles. The molecular weight excluding hydrogens is 321 g/mol. The predicted molar refractivity (Wildman–Crippen MR) is 92.7 cm³/mol. The van der Waals surface area contributed by atoms with Gasteiger partial charge in [0.05, 0.1) is 0 Å². The number of pyridine rings is 1. The van der Waals surface area contributed by atoms with Gasteiger partial charge in [-0.3, -0.25) is 9.78 Å². The molecule has 6 heteroatoms. The number of hydrogen-bond acceptors (Lipinski definition) is 3. The van der Waals surface area contributed by atoms with E-state index in [1.807, 2.05) is 12.1 Å². The lowest BCUT2D eigenvalue weighted by Crippen LogP contribution is -2.38. The molecule has 2 heterocycles. The molecule has 1 spiro atoms. The van der Waals surface area contributed by atoms with Gasteiger partial charge >= 0.3 is 0 Å². The van der Waals surface area contributed by atoms with Gasteiger partial charge in [0.15, 0.2) is 0 Å². The van der Waals surface area contributed by atoms with Crippen molar-refractivity contribution in [1.82, 2.24) is 15.6 Å². The van der Waals surface area contributed by atoms with Gasteiger partial charge in [-0.1, -0.05) is 0 Å². The summed E-state index contributed by atoms with van der Waals surface area (Å²) in [6.07, 6.45) is 7.87. The van der Waals surface area contributed by atoms with Crippen LogP contribution in [0.15, 0.2) is 24.5 Å². The summed E-state index contributed by atoms with van der Waals surface area (Å²) in [5, 5.41) is 6.56. The van der Waals surface area contributed by atoms with Crippen molar-refractivity contribution in [2.75, 3.05) is 13.1 Å². The van der Waals surface area contributed by atoms with Crippen molar-refractivity contribution in [1.29, 1.82) is 0 Å². The summed E-state index contributed by atoms with van der Waals surface area (Å²) < 4.78 is 0. The maximum absolute atomic E-state index is 12.3. The molecule has 1 aromatic heterocycles. The van der Waals surface area contributed by atoms with Crippen LogP contribution in [0.1, 0.15) is 31.7 Å². The predicted octanol–water partition coefficient (Wildman–Crippen LogP) is 2.36. The monoisotopic (exact) mass is 345 g/mol. The van der Waals surface area contributed by atoms with Crippen LogP contribution in [0.5, 0.6) is 0 Å². The minimum absolute atomic E-state index is 0. The SMILES string of the molecule is CC(Cc1ccncc1)NC(=O)C1CC12CCNCC2.Cl.Cl. The summed E-state index contributed by atoms with van der Waals surface area (Å²) in [4.78, 5) is 16.4. The number of carbonyl (C=O) groups is 1. The Hall–Kier alpha value is -0.840. The Morgan fingerprint density at radius 1 is 1.36 bits per heavy atom. The molecule has 2 unspecified atom stereocenters. The third-order valence-electron chi connectivity index (χ3n) is 4.79. The topological polar surface area (TPSA) is 54.0 Å². The van der Waals surface area contributed by atoms with Gasteiger partial charge in [-0.15, -0.1) is 24.8 Å². The number of hydrogen-bond donors (Lipinski definition) is 2. The fraction of sp³-hybridized carbons (Fsp3) is 0.625. The standard InChI is InChI=1S/C16H23N3O.2ClH/c1-12(10-13-2-6-17-7-3-13)19-15(20)14-11-16(14)4-8-18-9-5-16;;/h2-3,6-7,12,14,18H,4-5,8-11H2,1H3,(H,19,20);2*1H. The van der Waals surface area contributed by atoms with Crippen molar-refractivity contribution >= 4 is 30.7 Å². The van der Waals surface area contributed by atoms with Gasteiger partial charge in [0.2, 0.25) is 5.91 Å². The first-order valence-corrected chi connectivity index (χ1v) is 7.60. The van der Waals surface area contributed by atoms with E-state index in [1.165, 1.54) is 5.56 Å². The zero-order valence-corrected chi connectivity index (χ0v) is 14.5. The van der Waals surface area contributed by atoms with Gasteiger partial charge in [-0.05, 0) is 68.8 Å². The first-order valence-electron chi connectivity index (χ1n) is 7.60. The fourth-order valence-corrected chi connectivity index (χ4v) is 3.46. The van der Waals surface area contributed by atoms with Gasteiger partial charge in [-0.25, -0.2) is 0 Å². The lowest BCUT2D eigenvalue weighted by Gasteiger charge is -2.23. The average Bonchev–Trinajstić information content (AvgIpc) is 3.14. The van der Waals surface area contributed by atoms with Crippen LogP contribution in [-0.4, -0.2) is 30.0 Å². The highest BCUT2D eigenvalue weighted by Crippen LogP contribution is 2.58. The third-order valence-corrected chi connectivity index (χ3v) is 4.79. The molecule has 2 aliphatic rings.